The zero-order chi connectivity index (χ0) is 13.7. The molecule has 0 saturated carbocycles. The van der Waals surface area contributed by atoms with Crippen LogP contribution >= 0.6 is 35.0 Å². The van der Waals surface area contributed by atoms with Gasteiger partial charge in [0.15, 0.2) is 0 Å². The third kappa shape index (κ3) is 4.30. The Morgan fingerprint density at radius 3 is 2.84 bits per heavy atom. The highest BCUT2D eigenvalue weighted by atomic mass is 35.5. The van der Waals surface area contributed by atoms with Gasteiger partial charge in [-0.1, -0.05) is 48.0 Å². The number of hydrogen-bond donors (Lipinski definition) is 1. The monoisotopic (exact) mass is 312 g/mol. The van der Waals surface area contributed by atoms with E-state index in [9.17, 15) is 0 Å². The Morgan fingerprint density at radius 1 is 1.21 bits per heavy atom. The van der Waals surface area contributed by atoms with E-state index < -0.39 is 0 Å². The molecular formula is C14H14Cl2N2S. The number of anilines is 1. The fraction of sp³-hybridized carbons (Fsp3) is 0.214. The fourth-order valence-corrected chi connectivity index (χ4v) is 2.83. The van der Waals surface area contributed by atoms with Crippen LogP contribution in [0.3, 0.4) is 0 Å². The molecular weight excluding hydrogens is 299 g/mol. The van der Waals surface area contributed by atoms with Crippen molar-refractivity contribution in [3.63, 3.8) is 0 Å². The van der Waals surface area contributed by atoms with Crippen molar-refractivity contribution >= 4 is 40.8 Å². The number of halogens is 2. The molecule has 0 spiro atoms. The molecule has 0 bridgehead atoms. The summed E-state index contributed by atoms with van der Waals surface area (Å²) in [6.07, 6.45) is 1.07. The van der Waals surface area contributed by atoms with Crippen LogP contribution in [0.1, 0.15) is 13.3 Å². The molecule has 0 amide bonds. The van der Waals surface area contributed by atoms with Gasteiger partial charge in [0.25, 0.3) is 0 Å². The third-order valence-corrected chi connectivity index (χ3v) is 4.06. The number of pyridine rings is 1. The number of nitrogens with zero attached hydrogens (tertiary/aromatic N) is 1. The fourth-order valence-electron chi connectivity index (χ4n) is 1.49. The molecule has 0 atom stereocenters. The molecule has 0 radical (unpaired) electrons. The molecule has 0 saturated heterocycles. The first-order chi connectivity index (χ1) is 9.19. The van der Waals surface area contributed by atoms with E-state index in [-0.39, 0.29) is 0 Å². The number of benzene rings is 1. The van der Waals surface area contributed by atoms with Gasteiger partial charge in [0.1, 0.15) is 10.8 Å². The smallest absolute Gasteiger partial charge is 0.127 e. The van der Waals surface area contributed by atoms with Crippen LogP contribution in [-0.4, -0.2) is 11.5 Å². The van der Waals surface area contributed by atoms with Crippen LogP contribution in [0, 0.1) is 0 Å². The van der Waals surface area contributed by atoms with Gasteiger partial charge in [-0.25, -0.2) is 4.98 Å². The zero-order valence-corrected chi connectivity index (χ0v) is 12.8. The molecule has 2 rings (SSSR count). The molecule has 1 aromatic carbocycles. The predicted molar refractivity (Wildman–Crippen MR) is 83.6 cm³/mol. The minimum Gasteiger partial charge on any atom is -0.370 e. The van der Waals surface area contributed by atoms with E-state index in [1.54, 1.807) is 12.1 Å². The van der Waals surface area contributed by atoms with Crippen molar-refractivity contribution in [2.24, 2.45) is 0 Å². The van der Waals surface area contributed by atoms with E-state index in [0.717, 1.165) is 28.7 Å². The molecule has 0 aliphatic rings. The van der Waals surface area contributed by atoms with Gasteiger partial charge in [0.2, 0.25) is 0 Å². The molecule has 2 nitrogen and oxygen atoms in total. The second-order valence-corrected chi connectivity index (χ2v) is 5.87. The summed E-state index contributed by atoms with van der Waals surface area (Å²) in [7, 11) is 0. The molecule has 0 fully saturated rings. The Bertz CT molecular complexity index is 561. The summed E-state index contributed by atoms with van der Waals surface area (Å²) < 4.78 is 0. The van der Waals surface area contributed by atoms with E-state index in [2.05, 4.69) is 17.2 Å². The second-order valence-electron chi connectivity index (χ2n) is 3.96. The molecule has 0 unspecified atom stereocenters. The van der Waals surface area contributed by atoms with Gasteiger partial charge < -0.3 is 5.32 Å². The quantitative estimate of drug-likeness (QED) is 0.804. The first-order valence-electron chi connectivity index (χ1n) is 6.03. The molecule has 0 aliphatic heterocycles. The Morgan fingerprint density at radius 2 is 2.05 bits per heavy atom. The summed E-state index contributed by atoms with van der Waals surface area (Å²) in [5.41, 5.74) is 0. The highest BCUT2D eigenvalue weighted by molar-refractivity contribution is 7.99. The minimum atomic E-state index is 0.673. The number of hydrogen-bond acceptors (Lipinski definition) is 3. The summed E-state index contributed by atoms with van der Waals surface area (Å²) in [5, 5.41) is 5.51. The van der Waals surface area contributed by atoms with Crippen molar-refractivity contribution in [3.05, 3.63) is 46.4 Å². The lowest BCUT2D eigenvalue weighted by atomic mass is 10.4. The van der Waals surface area contributed by atoms with E-state index in [1.807, 2.05) is 24.3 Å². The molecule has 100 valence electrons. The van der Waals surface area contributed by atoms with Crippen LogP contribution in [0.2, 0.25) is 10.0 Å². The standard InChI is InChI=1S/C14H14Cl2N2S/c1-2-8-17-13-4-3-5-14(18-13)19-12-9-10(15)6-7-11(12)16/h3-7,9H,2,8H2,1H3,(H,17,18). The summed E-state index contributed by atoms with van der Waals surface area (Å²) in [6, 6.07) is 11.3. The molecule has 5 heteroatoms. The Hall–Kier alpha value is -0.900. The topological polar surface area (TPSA) is 24.9 Å². The van der Waals surface area contributed by atoms with Gasteiger partial charge in [0, 0.05) is 16.5 Å². The van der Waals surface area contributed by atoms with Crippen LogP contribution < -0.4 is 5.32 Å². The van der Waals surface area contributed by atoms with Gasteiger partial charge in [-0.15, -0.1) is 0 Å². The van der Waals surface area contributed by atoms with Crippen LogP contribution in [0.5, 0.6) is 0 Å². The van der Waals surface area contributed by atoms with E-state index in [0.29, 0.717) is 10.0 Å². The van der Waals surface area contributed by atoms with Gasteiger partial charge in [-0.2, -0.15) is 0 Å². The largest absolute Gasteiger partial charge is 0.370 e. The van der Waals surface area contributed by atoms with Crippen molar-refractivity contribution in [2.45, 2.75) is 23.3 Å². The molecule has 1 N–H and O–H groups in total. The van der Waals surface area contributed by atoms with Crippen molar-refractivity contribution in [1.29, 1.82) is 0 Å². The minimum absolute atomic E-state index is 0.673. The maximum absolute atomic E-state index is 6.15. The van der Waals surface area contributed by atoms with Gasteiger partial charge in [0.05, 0.1) is 5.02 Å². The molecule has 1 heterocycles. The van der Waals surface area contributed by atoms with E-state index in [4.69, 9.17) is 23.2 Å². The molecule has 0 aliphatic carbocycles. The Labute approximate surface area is 127 Å². The SMILES string of the molecule is CCCNc1cccc(Sc2cc(Cl)ccc2Cl)n1. The van der Waals surface area contributed by atoms with Crippen molar-refractivity contribution < 1.29 is 0 Å². The Kier molecular flexibility index (Phi) is 5.37. The van der Waals surface area contributed by atoms with Gasteiger partial charge in [-0.05, 0) is 36.8 Å². The van der Waals surface area contributed by atoms with Crippen molar-refractivity contribution in [3.8, 4) is 0 Å². The van der Waals surface area contributed by atoms with Gasteiger partial charge in [-0.3, -0.25) is 0 Å². The molecule has 19 heavy (non-hydrogen) atoms. The third-order valence-electron chi connectivity index (χ3n) is 2.39. The lowest BCUT2D eigenvalue weighted by Crippen LogP contribution is -2.01. The number of rotatable bonds is 5. The lowest BCUT2D eigenvalue weighted by Gasteiger charge is -2.07. The highest BCUT2D eigenvalue weighted by Gasteiger charge is 2.05. The maximum atomic E-state index is 6.15. The van der Waals surface area contributed by atoms with Crippen molar-refractivity contribution in [2.75, 3.05) is 11.9 Å². The second kappa shape index (κ2) is 7.04. The summed E-state index contributed by atoms with van der Waals surface area (Å²) in [4.78, 5) is 5.44. The summed E-state index contributed by atoms with van der Waals surface area (Å²) >= 11 is 13.6. The van der Waals surface area contributed by atoms with Crippen LogP contribution in [0.25, 0.3) is 0 Å². The maximum Gasteiger partial charge on any atom is 0.127 e. The summed E-state index contributed by atoms with van der Waals surface area (Å²) in [5.74, 6) is 0.880. The average Bonchev–Trinajstić information content (AvgIpc) is 2.41. The van der Waals surface area contributed by atoms with Gasteiger partial charge >= 0.3 is 0 Å². The summed E-state index contributed by atoms with van der Waals surface area (Å²) in [6.45, 7) is 3.04. The normalized spacial score (nSPS) is 10.5. The lowest BCUT2D eigenvalue weighted by molar-refractivity contribution is 0.960. The first-order valence-corrected chi connectivity index (χ1v) is 7.60. The molecule has 1 aromatic heterocycles. The van der Waals surface area contributed by atoms with Crippen LogP contribution in [0.15, 0.2) is 46.3 Å². The zero-order valence-electron chi connectivity index (χ0n) is 10.5. The van der Waals surface area contributed by atoms with Crippen LogP contribution in [-0.2, 0) is 0 Å². The van der Waals surface area contributed by atoms with E-state index in [1.165, 1.54) is 11.8 Å². The average molecular weight is 313 g/mol. The highest BCUT2D eigenvalue weighted by Crippen LogP contribution is 2.34. The van der Waals surface area contributed by atoms with Crippen molar-refractivity contribution in [1.82, 2.24) is 4.98 Å². The van der Waals surface area contributed by atoms with Crippen LogP contribution in [0.4, 0.5) is 5.82 Å². The predicted octanol–water partition coefficient (Wildman–Crippen LogP) is 5.36. The molecule has 2 aromatic rings. The Balaban J connectivity index is 2.16. The van der Waals surface area contributed by atoms with E-state index >= 15 is 0 Å². The number of nitrogens with one attached hydrogen (secondary N) is 1. The first kappa shape index (κ1) is 14.5. The number of aromatic nitrogens is 1.